The number of alkyl carbamates (subject to hydrolysis) is 1. The first-order chi connectivity index (χ1) is 16.4. The molecule has 190 valence electrons. The van der Waals surface area contributed by atoms with E-state index in [2.05, 4.69) is 21.1 Å². The Morgan fingerprint density at radius 3 is 2.69 bits per heavy atom. The molecule has 1 saturated carbocycles. The minimum absolute atomic E-state index is 0.507. The lowest BCUT2D eigenvalue weighted by molar-refractivity contribution is -0.150. The Bertz CT molecular complexity index is 1250. The lowest BCUT2D eigenvalue weighted by Crippen LogP contribution is -2.45. The number of H-pyrrole nitrogens is 1. The average Bonchev–Trinajstić information content (AvgIpc) is 3.09. The molecule has 1 amide bonds. The number of carbonyl (C=O) groups is 2. The number of hydrogen-bond donors (Lipinski definition) is 2. The summed E-state index contributed by atoms with van der Waals surface area (Å²) >= 11 is 0. The Hall–Kier alpha value is -3.02. The van der Waals surface area contributed by atoms with Crippen molar-refractivity contribution in [3.63, 3.8) is 0 Å². The second kappa shape index (κ2) is 8.58. The molecule has 2 saturated heterocycles. The Morgan fingerprint density at radius 1 is 1.37 bits per heavy atom. The largest absolute Gasteiger partial charge is 0.476 e. The second-order valence-electron chi connectivity index (χ2n) is 8.57. The fourth-order valence-corrected chi connectivity index (χ4v) is 6.02. The van der Waals surface area contributed by atoms with E-state index in [0.717, 1.165) is 17.7 Å². The minimum Gasteiger partial charge on any atom is -0.461 e. The van der Waals surface area contributed by atoms with Gasteiger partial charge in [-0.3, -0.25) is 27.9 Å². The van der Waals surface area contributed by atoms with Crippen molar-refractivity contribution in [3.05, 3.63) is 33.1 Å². The molecule has 1 aromatic rings. The number of amides is 1. The summed E-state index contributed by atoms with van der Waals surface area (Å²) in [4.78, 5) is 49.7. The number of carbonyl (C=O) groups excluding carboxylic acids is 2. The molecular weight excluding hydrogens is 491 g/mol. The van der Waals surface area contributed by atoms with Crippen LogP contribution in [-0.2, 0) is 37.1 Å². The van der Waals surface area contributed by atoms with Gasteiger partial charge in [-0.2, -0.15) is 5.26 Å². The van der Waals surface area contributed by atoms with Gasteiger partial charge in [-0.15, -0.1) is 0 Å². The van der Waals surface area contributed by atoms with E-state index in [4.69, 9.17) is 23.0 Å². The Labute approximate surface area is 197 Å². The molecule has 1 aliphatic carbocycles. The van der Waals surface area contributed by atoms with Crippen LogP contribution in [0.3, 0.4) is 0 Å². The van der Waals surface area contributed by atoms with Crippen LogP contribution in [0, 0.1) is 16.7 Å². The van der Waals surface area contributed by atoms with Crippen molar-refractivity contribution >= 4 is 19.9 Å². The van der Waals surface area contributed by atoms with Crippen LogP contribution in [-0.4, -0.2) is 65.3 Å². The fourth-order valence-electron chi connectivity index (χ4n) is 4.22. The highest BCUT2D eigenvalue weighted by atomic mass is 31.2. The summed E-state index contributed by atoms with van der Waals surface area (Å²) in [6.45, 7) is 3.98. The number of esters is 1. The molecule has 1 spiro atoms. The number of nitriles is 1. The van der Waals surface area contributed by atoms with Crippen LogP contribution in [0.1, 0.15) is 27.0 Å². The van der Waals surface area contributed by atoms with Crippen molar-refractivity contribution in [1.29, 1.82) is 5.26 Å². The maximum atomic E-state index is 13.2. The van der Waals surface area contributed by atoms with E-state index in [0.29, 0.717) is 0 Å². The first kappa shape index (κ1) is 25.1. The molecule has 3 heterocycles. The molecule has 1 unspecified atom stereocenters. The molecule has 0 bridgehead atoms. The van der Waals surface area contributed by atoms with E-state index in [1.54, 1.807) is 13.8 Å². The number of rotatable bonds is 7. The number of nitrogens with one attached hydrogen (secondary N) is 2. The lowest BCUT2D eigenvalue weighted by Gasteiger charge is -2.30. The van der Waals surface area contributed by atoms with Gasteiger partial charge in [0.1, 0.15) is 17.6 Å². The fraction of sp³-hybridized carbons (Fsp3) is 0.632. The highest BCUT2D eigenvalue weighted by Crippen LogP contribution is 2.79. The summed E-state index contributed by atoms with van der Waals surface area (Å²) in [5.74, 6) is -0.874. The van der Waals surface area contributed by atoms with Gasteiger partial charge < -0.3 is 19.5 Å². The number of fused-ring (bicyclic) bond motifs is 1. The van der Waals surface area contributed by atoms with Crippen molar-refractivity contribution in [3.8, 4) is 6.07 Å². The predicted octanol–water partition coefficient (Wildman–Crippen LogP) is -0.0674. The monoisotopic (exact) mass is 514 g/mol. The van der Waals surface area contributed by atoms with Crippen LogP contribution in [0.15, 0.2) is 21.9 Å². The predicted molar refractivity (Wildman–Crippen MR) is 112 cm³/mol. The summed E-state index contributed by atoms with van der Waals surface area (Å²) in [5.41, 5.74) is -4.56. The van der Waals surface area contributed by atoms with Gasteiger partial charge in [0, 0.05) is 12.3 Å². The minimum atomic E-state index is -4.34. The molecule has 15 nitrogen and oxygen atoms in total. The Morgan fingerprint density at radius 2 is 2.09 bits per heavy atom. The molecule has 4 rings (SSSR count). The standard InChI is InChI=1S/C19H23N4O11P/c1-9(2)31-14(25)10(21-17(27)29-4)7-30-35(28)33-13-12-19(13,34-35)18(3,8-20)15(32-12)23-6-5-11(24)22-16(23)26/h5-6,9-10,12-13,15H,7H2,1-4H3,(H,21,27)(H,22,24,26)/t10-,12-,13?,15-,18+,19+,35+/m1/s1. The van der Waals surface area contributed by atoms with Gasteiger partial charge in [0.05, 0.1) is 25.9 Å². The molecule has 3 aliphatic rings. The van der Waals surface area contributed by atoms with Crippen molar-refractivity contribution < 1.29 is 41.9 Å². The summed E-state index contributed by atoms with van der Waals surface area (Å²) in [6.07, 6.45) is -3.29. The van der Waals surface area contributed by atoms with Gasteiger partial charge in [-0.1, -0.05) is 0 Å². The third-order valence-corrected chi connectivity index (χ3v) is 7.42. The van der Waals surface area contributed by atoms with Gasteiger partial charge >= 0.3 is 25.6 Å². The quantitative estimate of drug-likeness (QED) is 0.363. The smallest absolute Gasteiger partial charge is 0.461 e. The number of hydrogen-bond acceptors (Lipinski definition) is 12. The number of phosphoric ester groups is 1. The molecule has 1 aromatic heterocycles. The zero-order valence-electron chi connectivity index (χ0n) is 19.1. The number of phosphoric acid groups is 1. The number of aromatic nitrogens is 2. The highest BCUT2D eigenvalue weighted by molar-refractivity contribution is 7.48. The Balaban J connectivity index is 1.52. The molecule has 3 fully saturated rings. The first-order valence-electron chi connectivity index (χ1n) is 10.5. The molecule has 0 radical (unpaired) electrons. The zero-order valence-corrected chi connectivity index (χ0v) is 20.0. The van der Waals surface area contributed by atoms with E-state index in [9.17, 15) is 29.0 Å². The summed E-state index contributed by atoms with van der Waals surface area (Å²) in [5, 5.41) is 12.2. The third kappa shape index (κ3) is 3.97. The molecule has 2 N–H and O–H groups in total. The third-order valence-electron chi connectivity index (χ3n) is 5.95. The molecule has 35 heavy (non-hydrogen) atoms. The summed E-state index contributed by atoms with van der Waals surface area (Å²) in [7, 11) is -3.25. The van der Waals surface area contributed by atoms with E-state index in [1.807, 2.05) is 0 Å². The maximum Gasteiger partial charge on any atom is 0.476 e. The van der Waals surface area contributed by atoms with Crippen LogP contribution < -0.4 is 16.6 Å². The molecule has 7 atom stereocenters. The van der Waals surface area contributed by atoms with Crippen LogP contribution in [0.5, 0.6) is 0 Å². The number of ether oxygens (including phenoxy) is 3. The van der Waals surface area contributed by atoms with Gasteiger partial charge in [0.2, 0.25) is 0 Å². The van der Waals surface area contributed by atoms with E-state index in [1.165, 1.54) is 13.1 Å². The first-order valence-corrected chi connectivity index (χ1v) is 11.9. The lowest BCUT2D eigenvalue weighted by atomic mass is 9.82. The van der Waals surface area contributed by atoms with Crippen LogP contribution in [0.4, 0.5) is 4.79 Å². The molecular formula is C19H23N4O11P. The molecule has 16 heteroatoms. The van der Waals surface area contributed by atoms with Crippen LogP contribution in [0.2, 0.25) is 0 Å². The van der Waals surface area contributed by atoms with Gasteiger partial charge in [0.25, 0.3) is 5.56 Å². The van der Waals surface area contributed by atoms with E-state index >= 15 is 0 Å². The summed E-state index contributed by atoms with van der Waals surface area (Å²) < 4.78 is 46.0. The maximum absolute atomic E-state index is 13.2. The SMILES string of the molecule is COC(=O)N[C@H](CO[P@@]1(=O)OC2[C@H]3O[C@@H](n4ccc(=O)[nH]c4=O)[C@](C)(C#N)[C@@]23O1)C(=O)OC(C)C. The van der Waals surface area contributed by atoms with Crippen molar-refractivity contribution in [2.24, 2.45) is 5.41 Å². The molecule has 2 aliphatic heterocycles. The van der Waals surface area contributed by atoms with Gasteiger partial charge in [0.15, 0.2) is 17.9 Å². The van der Waals surface area contributed by atoms with E-state index in [-0.39, 0.29) is 0 Å². The van der Waals surface area contributed by atoms with Crippen molar-refractivity contribution in [2.45, 2.75) is 57.0 Å². The van der Waals surface area contributed by atoms with Crippen molar-refractivity contribution in [2.75, 3.05) is 13.7 Å². The number of nitrogens with zero attached hydrogens (tertiary/aromatic N) is 2. The zero-order chi connectivity index (χ0) is 25.8. The van der Waals surface area contributed by atoms with Crippen LogP contribution >= 0.6 is 7.82 Å². The normalized spacial score (nSPS) is 35.5. The van der Waals surface area contributed by atoms with Crippen LogP contribution in [0.25, 0.3) is 0 Å². The molecule has 0 aromatic carbocycles. The Kier molecular flexibility index (Phi) is 6.15. The number of aromatic amines is 1. The topological polar surface area (TPSA) is 197 Å². The second-order valence-corrected chi connectivity index (χ2v) is 10.1. The van der Waals surface area contributed by atoms with E-state index < -0.39 is 79.3 Å². The van der Waals surface area contributed by atoms with Gasteiger partial charge in [-0.25, -0.2) is 18.9 Å². The van der Waals surface area contributed by atoms with Crippen molar-refractivity contribution in [1.82, 2.24) is 14.9 Å². The van der Waals surface area contributed by atoms with Gasteiger partial charge in [-0.05, 0) is 20.8 Å². The average molecular weight is 514 g/mol. The highest BCUT2D eigenvalue weighted by Gasteiger charge is 2.91. The summed E-state index contributed by atoms with van der Waals surface area (Å²) in [6, 6.07) is 1.74. The number of methoxy groups -OCH3 is 1.